The number of rotatable bonds is 5. The minimum Gasteiger partial charge on any atom is -0.495 e. The third kappa shape index (κ3) is 4.57. The van der Waals surface area contributed by atoms with Gasteiger partial charge in [0.2, 0.25) is 5.91 Å². The van der Waals surface area contributed by atoms with Gasteiger partial charge in [0, 0.05) is 36.7 Å². The highest BCUT2D eigenvalue weighted by Gasteiger charge is 2.41. The first-order valence-corrected chi connectivity index (χ1v) is 11.2. The number of carbonyl (C=O) groups excluding carboxylic acids is 1. The quantitative estimate of drug-likeness (QED) is 0.531. The summed E-state index contributed by atoms with van der Waals surface area (Å²) in [5.41, 5.74) is 3.42. The molecule has 0 saturated carbocycles. The number of thiocarbonyl (C=S) groups is 1. The Morgan fingerprint density at radius 3 is 2.61 bits per heavy atom. The number of hydrogen-bond donors (Lipinski definition) is 2. The topological polar surface area (TPSA) is 71.4 Å². The lowest BCUT2D eigenvalue weighted by molar-refractivity contribution is -0.114. The highest BCUT2D eigenvalue weighted by atomic mass is 32.1. The van der Waals surface area contributed by atoms with Crippen LogP contribution in [0.5, 0.6) is 5.75 Å². The summed E-state index contributed by atoms with van der Waals surface area (Å²) >= 11 is 5.81. The van der Waals surface area contributed by atoms with Gasteiger partial charge in [-0.25, -0.2) is 0 Å². The SMILES string of the molecule is COc1ccc(N2C(=S)N[C@@H](c3ccccn3)[C@H]2c2ccn(C(C)(C)C)c2)cc1NC(C)=O. The van der Waals surface area contributed by atoms with Crippen molar-refractivity contribution in [2.45, 2.75) is 45.3 Å². The van der Waals surface area contributed by atoms with Crippen molar-refractivity contribution >= 4 is 34.6 Å². The molecule has 0 radical (unpaired) electrons. The summed E-state index contributed by atoms with van der Waals surface area (Å²) in [4.78, 5) is 18.5. The van der Waals surface area contributed by atoms with Crippen LogP contribution in [-0.2, 0) is 10.3 Å². The molecule has 2 atom stereocenters. The number of benzene rings is 1. The number of methoxy groups -OCH3 is 1. The van der Waals surface area contributed by atoms with Crippen molar-refractivity contribution in [3.05, 3.63) is 72.3 Å². The number of carbonyl (C=O) groups is 1. The average Bonchev–Trinajstić information content (AvgIpc) is 3.38. The molecule has 2 aromatic heterocycles. The smallest absolute Gasteiger partial charge is 0.221 e. The van der Waals surface area contributed by atoms with Crippen LogP contribution in [0.1, 0.15) is 51.0 Å². The molecule has 172 valence electrons. The van der Waals surface area contributed by atoms with Gasteiger partial charge in [0.1, 0.15) is 5.75 Å². The van der Waals surface area contributed by atoms with Gasteiger partial charge in [-0.3, -0.25) is 9.78 Å². The molecule has 1 aliphatic rings. The van der Waals surface area contributed by atoms with Crippen LogP contribution in [0.3, 0.4) is 0 Å². The maximum Gasteiger partial charge on any atom is 0.221 e. The zero-order valence-corrected chi connectivity index (χ0v) is 20.3. The van der Waals surface area contributed by atoms with Crippen LogP contribution >= 0.6 is 12.2 Å². The fraction of sp³-hybridized carbons (Fsp3) is 0.320. The number of hydrogen-bond acceptors (Lipinski definition) is 4. The molecule has 1 amide bonds. The van der Waals surface area contributed by atoms with Crippen LogP contribution in [0.25, 0.3) is 0 Å². The lowest BCUT2D eigenvalue weighted by Gasteiger charge is -2.28. The van der Waals surface area contributed by atoms with E-state index in [2.05, 4.69) is 64.3 Å². The van der Waals surface area contributed by atoms with Gasteiger partial charge < -0.3 is 24.8 Å². The zero-order chi connectivity index (χ0) is 23.8. The molecule has 3 heterocycles. The van der Waals surface area contributed by atoms with E-state index < -0.39 is 0 Å². The maximum absolute atomic E-state index is 11.8. The van der Waals surface area contributed by atoms with Gasteiger partial charge in [-0.1, -0.05) is 6.07 Å². The highest BCUT2D eigenvalue weighted by molar-refractivity contribution is 7.80. The standard InChI is InChI=1S/C25H29N5O2S/c1-16(31)27-20-14-18(9-10-21(20)32-5)30-23(17-11-13-29(15-17)25(2,3)4)22(28-24(30)33)19-8-6-7-12-26-19/h6-15,22-23H,1-5H3,(H,27,31)(H,28,33)/t22-,23+/m0/s1. The molecular weight excluding hydrogens is 434 g/mol. The molecule has 4 rings (SSSR count). The zero-order valence-electron chi connectivity index (χ0n) is 19.5. The summed E-state index contributed by atoms with van der Waals surface area (Å²) in [5.74, 6) is 0.418. The monoisotopic (exact) mass is 463 g/mol. The molecule has 0 bridgehead atoms. The molecule has 0 spiro atoms. The van der Waals surface area contributed by atoms with E-state index in [1.54, 1.807) is 13.3 Å². The first-order chi connectivity index (χ1) is 15.7. The third-order valence-electron chi connectivity index (χ3n) is 5.70. The summed E-state index contributed by atoms with van der Waals surface area (Å²) in [6, 6.07) is 13.4. The Balaban J connectivity index is 1.83. The van der Waals surface area contributed by atoms with E-state index in [0.717, 1.165) is 16.9 Å². The van der Waals surface area contributed by atoms with Crippen LogP contribution < -0.4 is 20.3 Å². The Morgan fingerprint density at radius 1 is 1.21 bits per heavy atom. The lowest BCUT2D eigenvalue weighted by atomic mass is 9.98. The van der Waals surface area contributed by atoms with E-state index >= 15 is 0 Å². The van der Waals surface area contributed by atoms with Gasteiger partial charge in [0.05, 0.1) is 30.6 Å². The Bertz CT molecular complexity index is 1170. The van der Waals surface area contributed by atoms with Crippen molar-refractivity contribution in [1.82, 2.24) is 14.9 Å². The van der Waals surface area contributed by atoms with Crippen LogP contribution in [0.15, 0.2) is 61.1 Å². The van der Waals surface area contributed by atoms with Gasteiger partial charge in [0.15, 0.2) is 5.11 Å². The number of aromatic nitrogens is 2. The second-order valence-electron chi connectivity index (χ2n) is 9.09. The molecule has 1 fully saturated rings. The normalized spacial score (nSPS) is 18.2. The van der Waals surface area contributed by atoms with Gasteiger partial charge in [0.25, 0.3) is 0 Å². The van der Waals surface area contributed by atoms with E-state index in [1.165, 1.54) is 6.92 Å². The molecule has 7 nitrogen and oxygen atoms in total. The molecule has 1 saturated heterocycles. The lowest BCUT2D eigenvalue weighted by Crippen LogP contribution is -2.29. The van der Waals surface area contributed by atoms with Crippen molar-refractivity contribution in [3.8, 4) is 5.75 Å². The van der Waals surface area contributed by atoms with Crippen LogP contribution in [0.4, 0.5) is 11.4 Å². The minimum atomic E-state index is -0.169. The second-order valence-corrected chi connectivity index (χ2v) is 9.47. The molecular formula is C25H29N5O2S. The van der Waals surface area contributed by atoms with Crippen molar-refractivity contribution in [3.63, 3.8) is 0 Å². The summed E-state index contributed by atoms with van der Waals surface area (Å²) in [7, 11) is 1.58. The number of amides is 1. The number of nitrogens with zero attached hydrogens (tertiary/aromatic N) is 3. The summed E-state index contributed by atoms with van der Waals surface area (Å²) in [6.45, 7) is 7.99. The van der Waals surface area contributed by atoms with Crippen molar-refractivity contribution in [2.75, 3.05) is 17.3 Å². The highest BCUT2D eigenvalue weighted by Crippen LogP contribution is 2.43. The molecule has 8 heteroatoms. The predicted molar refractivity (Wildman–Crippen MR) is 135 cm³/mol. The van der Waals surface area contributed by atoms with Crippen LogP contribution in [-0.4, -0.2) is 27.7 Å². The van der Waals surface area contributed by atoms with E-state index in [1.807, 2.05) is 36.4 Å². The Labute approximate surface area is 199 Å². The first kappa shape index (κ1) is 22.8. The van der Waals surface area contributed by atoms with Gasteiger partial charge in [-0.2, -0.15) is 0 Å². The summed E-state index contributed by atoms with van der Waals surface area (Å²) in [6.07, 6.45) is 6.06. The molecule has 1 aliphatic heterocycles. The number of nitrogens with one attached hydrogen (secondary N) is 2. The molecule has 2 N–H and O–H groups in total. The van der Waals surface area contributed by atoms with E-state index in [9.17, 15) is 4.79 Å². The Hall–Kier alpha value is -3.39. The number of anilines is 2. The minimum absolute atomic E-state index is 0.0468. The van der Waals surface area contributed by atoms with Gasteiger partial charge in [-0.05, 0) is 75.0 Å². The Kier molecular flexibility index (Phi) is 6.12. The van der Waals surface area contributed by atoms with E-state index in [4.69, 9.17) is 17.0 Å². The van der Waals surface area contributed by atoms with Crippen molar-refractivity contribution < 1.29 is 9.53 Å². The first-order valence-electron chi connectivity index (χ1n) is 10.8. The van der Waals surface area contributed by atoms with Crippen molar-refractivity contribution in [2.24, 2.45) is 0 Å². The molecule has 0 aliphatic carbocycles. The molecule has 33 heavy (non-hydrogen) atoms. The number of ether oxygens (including phenoxy) is 1. The maximum atomic E-state index is 11.8. The van der Waals surface area contributed by atoms with Crippen LogP contribution in [0.2, 0.25) is 0 Å². The van der Waals surface area contributed by atoms with Gasteiger partial charge in [-0.15, -0.1) is 0 Å². The third-order valence-corrected chi connectivity index (χ3v) is 6.02. The van der Waals surface area contributed by atoms with E-state index in [-0.39, 0.29) is 23.5 Å². The molecule has 3 aromatic rings. The predicted octanol–water partition coefficient (Wildman–Crippen LogP) is 4.78. The average molecular weight is 464 g/mol. The fourth-order valence-electron chi connectivity index (χ4n) is 4.11. The summed E-state index contributed by atoms with van der Waals surface area (Å²) in [5, 5.41) is 6.92. The number of pyridine rings is 1. The Morgan fingerprint density at radius 2 is 2.00 bits per heavy atom. The van der Waals surface area contributed by atoms with Crippen molar-refractivity contribution in [1.29, 1.82) is 0 Å². The van der Waals surface area contributed by atoms with E-state index in [0.29, 0.717) is 16.5 Å². The molecule has 1 aromatic carbocycles. The molecule has 0 unspecified atom stereocenters. The fourth-order valence-corrected chi connectivity index (χ4v) is 4.46. The second kappa shape index (κ2) is 8.86. The van der Waals surface area contributed by atoms with Gasteiger partial charge >= 0.3 is 0 Å². The largest absolute Gasteiger partial charge is 0.495 e. The van der Waals surface area contributed by atoms with Crippen LogP contribution in [0, 0.1) is 0 Å². The summed E-state index contributed by atoms with van der Waals surface area (Å²) < 4.78 is 7.64.